The Bertz CT molecular complexity index is 291. The zero-order chi connectivity index (χ0) is 17.6. The summed E-state index contributed by atoms with van der Waals surface area (Å²) in [6.45, 7) is 9.45. The van der Waals surface area contributed by atoms with Gasteiger partial charge >= 0.3 is 148 Å². The van der Waals surface area contributed by atoms with Crippen LogP contribution in [0.4, 0.5) is 0 Å². The van der Waals surface area contributed by atoms with Crippen LogP contribution in [0.15, 0.2) is 0 Å². The normalized spacial score (nSPS) is 11.7. The molecule has 0 aromatic rings. The number of carboxylic acid groups (broad SMARTS) is 2. The van der Waals surface area contributed by atoms with Crippen molar-refractivity contribution in [3.63, 3.8) is 0 Å². The van der Waals surface area contributed by atoms with E-state index in [9.17, 15) is 9.59 Å². The van der Waals surface area contributed by atoms with Crippen LogP contribution in [0, 0.1) is 11.3 Å². The second kappa shape index (κ2) is 17.4. The Labute approximate surface area is 173 Å². The number of hydrogen-bond donors (Lipinski definition) is 2. The van der Waals surface area contributed by atoms with Crippen LogP contribution >= 0.6 is 0 Å². The van der Waals surface area contributed by atoms with Gasteiger partial charge in [0, 0.05) is 0 Å². The fourth-order valence-corrected chi connectivity index (χ4v) is 2.55. The molecule has 4 nitrogen and oxygen atoms in total. The monoisotopic (exact) mass is 332 g/mol. The molecule has 0 aromatic carbocycles. The van der Waals surface area contributed by atoms with Gasteiger partial charge < -0.3 is 10.2 Å². The quantitative estimate of drug-likeness (QED) is 0.362. The Morgan fingerprint density at radius 2 is 1.39 bits per heavy atom. The molecule has 1 atom stereocenters. The minimum atomic E-state index is -1.31. The molecule has 0 saturated carbocycles. The van der Waals surface area contributed by atoms with Crippen molar-refractivity contribution in [2.24, 2.45) is 11.3 Å². The summed E-state index contributed by atoms with van der Waals surface area (Å²) < 4.78 is 0. The maximum absolute atomic E-state index is 9.43. The summed E-state index contributed by atoms with van der Waals surface area (Å²) in [6.07, 6.45) is 9.21. The number of carbonyl (C=O) groups is 2. The van der Waals surface area contributed by atoms with Crippen molar-refractivity contribution < 1.29 is 19.8 Å². The van der Waals surface area contributed by atoms with Crippen molar-refractivity contribution in [3.8, 4) is 0 Å². The summed E-state index contributed by atoms with van der Waals surface area (Å²) in [5, 5.41) is 16.8. The fourth-order valence-electron chi connectivity index (χ4n) is 2.55. The number of carboxylic acids is 2. The molecule has 1 unspecified atom stereocenters. The zero-order valence-electron chi connectivity index (χ0n) is 15.2. The molecule has 0 heterocycles. The van der Waals surface area contributed by atoms with E-state index in [1.165, 1.54) is 50.0 Å². The van der Waals surface area contributed by atoms with Gasteiger partial charge in [-0.05, 0) is 0 Å². The van der Waals surface area contributed by atoms with Crippen molar-refractivity contribution in [1.82, 2.24) is 0 Å². The van der Waals surface area contributed by atoms with E-state index in [1.807, 2.05) is 0 Å². The molecule has 0 fully saturated rings. The van der Waals surface area contributed by atoms with Crippen LogP contribution in [-0.2, 0) is 9.59 Å². The van der Waals surface area contributed by atoms with Crippen LogP contribution in [0.25, 0.3) is 0 Å². The van der Waals surface area contributed by atoms with E-state index in [4.69, 9.17) is 10.2 Å². The molecule has 23 heavy (non-hydrogen) atoms. The maximum atomic E-state index is 9.43. The van der Waals surface area contributed by atoms with E-state index >= 15 is 0 Å². The fraction of sp³-hybridized carbons (Fsp3) is 0.882. The summed E-state index contributed by atoms with van der Waals surface area (Å²) in [7, 11) is 0. The Kier molecular flexibility index (Phi) is 21.4. The first-order valence-corrected chi connectivity index (χ1v) is 8.58. The molecule has 0 rings (SSSR count). The summed E-state index contributed by atoms with van der Waals surface area (Å²) in [5.74, 6) is -1.70. The predicted octanol–water partition coefficient (Wildman–Crippen LogP) is 3.88. The SMILES string of the molecule is O=C(O)CC(=O)O.[Li][CH2]C(CCCCCCCC)C(C)(C)C.[NaH]. The van der Waals surface area contributed by atoms with Crippen LogP contribution in [0.3, 0.4) is 0 Å². The van der Waals surface area contributed by atoms with Crippen LogP contribution in [-0.4, -0.2) is 69.4 Å². The average Bonchev–Trinajstić information content (AvgIpc) is 2.35. The molecule has 0 spiro atoms. The van der Waals surface area contributed by atoms with Crippen LogP contribution in [0.5, 0.6) is 0 Å². The van der Waals surface area contributed by atoms with E-state index in [0.29, 0.717) is 5.41 Å². The molecule has 0 amide bonds. The van der Waals surface area contributed by atoms with Gasteiger partial charge in [-0.25, -0.2) is 0 Å². The van der Waals surface area contributed by atoms with Crippen LogP contribution < -0.4 is 0 Å². The average molecular weight is 332 g/mol. The van der Waals surface area contributed by atoms with Crippen molar-refractivity contribution >= 4 is 59.2 Å². The first-order chi connectivity index (χ1) is 10.1. The molecule has 0 radical (unpaired) electrons. The summed E-state index contributed by atoms with van der Waals surface area (Å²) in [4.78, 5) is 18.9. The molecule has 128 valence electrons. The summed E-state index contributed by atoms with van der Waals surface area (Å²) >= 11 is 2.34. The molecule has 0 bridgehead atoms. The second-order valence-electron chi connectivity index (χ2n) is 6.99. The van der Waals surface area contributed by atoms with Gasteiger partial charge in [-0.2, -0.15) is 0 Å². The number of aliphatic carboxylic acids is 2. The third kappa shape index (κ3) is 22.5. The van der Waals surface area contributed by atoms with Gasteiger partial charge in [0.2, 0.25) is 0 Å². The summed E-state index contributed by atoms with van der Waals surface area (Å²) in [6, 6.07) is 0. The summed E-state index contributed by atoms with van der Waals surface area (Å²) in [5.41, 5.74) is 0.512. The van der Waals surface area contributed by atoms with E-state index in [1.54, 1.807) is 0 Å². The van der Waals surface area contributed by atoms with Crippen LogP contribution in [0.1, 0.15) is 79.1 Å². The van der Waals surface area contributed by atoms with Gasteiger partial charge in [-0.15, -0.1) is 0 Å². The van der Waals surface area contributed by atoms with Crippen LogP contribution in [0.2, 0.25) is 5.09 Å². The van der Waals surface area contributed by atoms with Crippen molar-refractivity contribution in [2.45, 2.75) is 84.2 Å². The van der Waals surface area contributed by atoms with E-state index in [-0.39, 0.29) is 29.6 Å². The van der Waals surface area contributed by atoms with Crippen molar-refractivity contribution in [1.29, 1.82) is 0 Å². The number of unbranched alkanes of at least 4 members (excludes halogenated alkanes) is 5. The molecular formula is C17H34LiNaO4. The Morgan fingerprint density at radius 3 is 1.70 bits per heavy atom. The zero-order valence-corrected chi connectivity index (χ0v) is 15.2. The minimum absolute atomic E-state index is 0. The Balaban J connectivity index is -0.000000425. The molecular weight excluding hydrogens is 298 g/mol. The standard InChI is InChI=1S/C14H29.C3H4O4.Li.Na.H/c1-6-7-8-9-10-11-12-13(2)14(3,4)5;4-2(5)1-3(6)7;;;/h13H,2,6-12H2,1,3-5H3;1H2,(H,4,5)(H,6,7);;;. The van der Waals surface area contributed by atoms with Crippen molar-refractivity contribution in [3.05, 3.63) is 0 Å². The van der Waals surface area contributed by atoms with Crippen molar-refractivity contribution in [2.75, 3.05) is 0 Å². The van der Waals surface area contributed by atoms with Gasteiger partial charge in [0.15, 0.2) is 0 Å². The molecule has 6 heteroatoms. The van der Waals surface area contributed by atoms with Gasteiger partial charge in [-0.1, -0.05) is 0 Å². The van der Waals surface area contributed by atoms with E-state index < -0.39 is 18.4 Å². The molecule has 0 saturated heterocycles. The first kappa shape index (κ1) is 28.3. The van der Waals surface area contributed by atoms with E-state index in [0.717, 1.165) is 5.92 Å². The molecule has 0 aliphatic heterocycles. The molecule has 0 aromatic heterocycles. The predicted molar refractivity (Wildman–Crippen MR) is 98.5 cm³/mol. The molecule has 0 aliphatic carbocycles. The third-order valence-corrected chi connectivity index (χ3v) is 3.93. The molecule has 0 aliphatic rings. The molecule has 2 N–H and O–H groups in total. The second-order valence-corrected chi connectivity index (χ2v) is 6.99. The van der Waals surface area contributed by atoms with E-state index in [2.05, 4.69) is 45.4 Å². The first-order valence-electron chi connectivity index (χ1n) is 8.58. The van der Waals surface area contributed by atoms with Gasteiger partial charge in [0.25, 0.3) is 0 Å². The van der Waals surface area contributed by atoms with Gasteiger partial charge in [-0.3, -0.25) is 9.59 Å². The Hall–Kier alpha value is 0.537. The van der Waals surface area contributed by atoms with Gasteiger partial charge in [0.1, 0.15) is 6.42 Å². The number of hydrogen-bond acceptors (Lipinski definition) is 2. The topological polar surface area (TPSA) is 74.6 Å². The Morgan fingerprint density at radius 1 is 0.957 bits per heavy atom. The van der Waals surface area contributed by atoms with Gasteiger partial charge in [0.05, 0.1) is 0 Å². The number of rotatable bonds is 10. The third-order valence-electron chi connectivity index (χ3n) is 3.93.